The van der Waals surface area contributed by atoms with Gasteiger partial charge in [0.1, 0.15) is 0 Å². The van der Waals surface area contributed by atoms with Gasteiger partial charge in [0.25, 0.3) is 11.8 Å². The lowest BCUT2D eigenvalue weighted by Gasteiger charge is -2.29. The quantitative estimate of drug-likeness (QED) is 0.556. The molecule has 0 spiro atoms. The van der Waals surface area contributed by atoms with E-state index in [0.29, 0.717) is 30.6 Å². The first-order chi connectivity index (χ1) is 13.2. The van der Waals surface area contributed by atoms with E-state index in [2.05, 4.69) is 0 Å². The SMILES string of the molecule is O=C(NO)c1ccc2c(c1)CCN(C(=O)c1ccc(-n3cccc3)cc1)C2. The highest BCUT2D eigenvalue weighted by molar-refractivity contribution is 5.95. The molecule has 0 unspecified atom stereocenters. The van der Waals surface area contributed by atoms with E-state index in [0.717, 1.165) is 16.8 Å². The number of aromatic nitrogens is 1. The minimum Gasteiger partial charge on any atom is -0.334 e. The van der Waals surface area contributed by atoms with Crippen LogP contribution >= 0.6 is 0 Å². The van der Waals surface area contributed by atoms with Gasteiger partial charge < -0.3 is 9.47 Å². The van der Waals surface area contributed by atoms with Crippen LogP contribution in [0.5, 0.6) is 0 Å². The number of carbonyl (C=O) groups excluding carboxylic acids is 2. The first-order valence-electron chi connectivity index (χ1n) is 8.74. The summed E-state index contributed by atoms with van der Waals surface area (Å²) in [6.07, 6.45) is 4.60. The lowest BCUT2D eigenvalue weighted by Crippen LogP contribution is -2.36. The van der Waals surface area contributed by atoms with Crippen molar-refractivity contribution >= 4 is 11.8 Å². The molecule has 2 N–H and O–H groups in total. The van der Waals surface area contributed by atoms with Gasteiger partial charge in [-0.25, -0.2) is 5.48 Å². The van der Waals surface area contributed by atoms with Crippen LogP contribution in [-0.4, -0.2) is 33.0 Å². The molecule has 0 fully saturated rings. The molecule has 1 aliphatic rings. The molecule has 0 radical (unpaired) electrons. The maximum Gasteiger partial charge on any atom is 0.274 e. The monoisotopic (exact) mass is 361 g/mol. The van der Waals surface area contributed by atoms with Crippen LogP contribution in [0.15, 0.2) is 67.0 Å². The van der Waals surface area contributed by atoms with Gasteiger partial charge in [0.15, 0.2) is 0 Å². The lowest BCUT2D eigenvalue weighted by atomic mass is 9.96. The van der Waals surface area contributed by atoms with E-state index >= 15 is 0 Å². The van der Waals surface area contributed by atoms with Crippen LogP contribution < -0.4 is 5.48 Å². The lowest BCUT2D eigenvalue weighted by molar-refractivity contribution is 0.0702. The number of rotatable bonds is 3. The third kappa shape index (κ3) is 3.35. The number of nitrogens with one attached hydrogen (secondary N) is 1. The Hall–Kier alpha value is -3.38. The molecule has 1 aromatic heterocycles. The fraction of sp³-hybridized carbons (Fsp3) is 0.143. The van der Waals surface area contributed by atoms with Gasteiger partial charge in [0.2, 0.25) is 0 Å². The molecule has 0 aliphatic carbocycles. The summed E-state index contributed by atoms with van der Waals surface area (Å²) in [6, 6.07) is 16.8. The summed E-state index contributed by atoms with van der Waals surface area (Å²) in [6.45, 7) is 1.10. The Morgan fingerprint density at radius 2 is 1.63 bits per heavy atom. The fourth-order valence-electron chi connectivity index (χ4n) is 3.40. The molecule has 3 aromatic rings. The van der Waals surface area contributed by atoms with Gasteiger partial charge in [-0.1, -0.05) is 6.07 Å². The highest BCUT2D eigenvalue weighted by atomic mass is 16.5. The zero-order valence-corrected chi connectivity index (χ0v) is 14.6. The van der Waals surface area contributed by atoms with E-state index in [9.17, 15) is 9.59 Å². The number of hydrogen-bond acceptors (Lipinski definition) is 3. The molecule has 136 valence electrons. The van der Waals surface area contributed by atoms with Crippen LogP contribution in [0, 0.1) is 0 Å². The minimum absolute atomic E-state index is 0.00289. The molecular formula is C21H19N3O3. The predicted molar refractivity (Wildman–Crippen MR) is 99.9 cm³/mol. The van der Waals surface area contributed by atoms with Crippen LogP contribution in [-0.2, 0) is 13.0 Å². The highest BCUT2D eigenvalue weighted by Gasteiger charge is 2.22. The van der Waals surface area contributed by atoms with Crippen LogP contribution in [0.3, 0.4) is 0 Å². The third-order valence-corrected chi connectivity index (χ3v) is 4.89. The average Bonchev–Trinajstić information content (AvgIpc) is 3.27. The van der Waals surface area contributed by atoms with E-state index in [4.69, 9.17) is 5.21 Å². The highest BCUT2D eigenvalue weighted by Crippen LogP contribution is 2.22. The summed E-state index contributed by atoms with van der Waals surface area (Å²) >= 11 is 0. The minimum atomic E-state index is -0.529. The first kappa shape index (κ1) is 17.1. The molecule has 27 heavy (non-hydrogen) atoms. The summed E-state index contributed by atoms with van der Waals surface area (Å²) in [7, 11) is 0. The van der Waals surface area contributed by atoms with Crippen molar-refractivity contribution in [3.05, 3.63) is 89.2 Å². The van der Waals surface area contributed by atoms with Gasteiger partial charge in [0.05, 0.1) is 0 Å². The number of hydrogen-bond donors (Lipinski definition) is 2. The second kappa shape index (κ2) is 7.09. The number of benzene rings is 2. The zero-order chi connectivity index (χ0) is 18.8. The van der Waals surface area contributed by atoms with Gasteiger partial charge in [-0.15, -0.1) is 0 Å². The maximum atomic E-state index is 12.9. The summed E-state index contributed by atoms with van der Waals surface area (Å²) in [4.78, 5) is 26.2. The molecule has 1 aliphatic heterocycles. The van der Waals surface area contributed by atoms with Gasteiger partial charge >= 0.3 is 0 Å². The Balaban J connectivity index is 1.50. The van der Waals surface area contributed by atoms with Crippen LogP contribution in [0.4, 0.5) is 0 Å². The molecular weight excluding hydrogens is 342 g/mol. The molecule has 6 heteroatoms. The second-order valence-electron chi connectivity index (χ2n) is 6.54. The Morgan fingerprint density at radius 3 is 2.33 bits per heavy atom. The van der Waals surface area contributed by atoms with Crippen molar-refractivity contribution in [3.63, 3.8) is 0 Å². The van der Waals surface area contributed by atoms with Crippen molar-refractivity contribution in [2.45, 2.75) is 13.0 Å². The van der Waals surface area contributed by atoms with Crippen molar-refractivity contribution in [2.24, 2.45) is 0 Å². The zero-order valence-electron chi connectivity index (χ0n) is 14.6. The van der Waals surface area contributed by atoms with Crippen molar-refractivity contribution in [1.82, 2.24) is 14.9 Å². The molecule has 6 nitrogen and oxygen atoms in total. The van der Waals surface area contributed by atoms with E-state index < -0.39 is 5.91 Å². The number of fused-ring (bicyclic) bond motifs is 1. The van der Waals surface area contributed by atoms with Gasteiger partial charge in [-0.3, -0.25) is 14.8 Å². The average molecular weight is 361 g/mol. The standard InChI is InChI=1S/C21H19N3O3/c25-20(22-27)17-3-4-18-14-24(12-9-16(18)13-17)21(26)15-5-7-19(8-6-15)23-10-1-2-11-23/h1-8,10-11,13,27H,9,12,14H2,(H,22,25). The van der Waals surface area contributed by atoms with Crippen LogP contribution in [0.2, 0.25) is 0 Å². The topological polar surface area (TPSA) is 74.6 Å². The van der Waals surface area contributed by atoms with E-state index in [1.807, 2.05) is 64.3 Å². The van der Waals surface area contributed by atoms with Crippen molar-refractivity contribution < 1.29 is 14.8 Å². The van der Waals surface area contributed by atoms with Crippen molar-refractivity contribution in [3.8, 4) is 5.69 Å². The second-order valence-corrected chi connectivity index (χ2v) is 6.54. The largest absolute Gasteiger partial charge is 0.334 e. The Morgan fingerprint density at radius 1 is 0.926 bits per heavy atom. The summed E-state index contributed by atoms with van der Waals surface area (Å²) < 4.78 is 1.99. The molecule has 0 saturated heterocycles. The molecule has 0 bridgehead atoms. The Labute approximate surface area is 156 Å². The van der Waals surface area contributed by atoms with Crippen molar-refractivity contribution in [2.75, 3.05) is 6.54 Å². The summed E-state index contributed by atoms with van der Waals surface area (Å²) in [5.74, 6) is -0.532. The molecule has 0 atom stereocenters. The predicted octanol–water partition coefficient (Wildman–Crippen LogP) is 2.79. The first-order valence-corrected chi connectivity index (χ1v) is 8.74. The number of nitrogens with zero attached hydrogens (tertiary/aromatic N) is 2. The van der Waals surface area contributed by atoms with Gasteiger partial charge in [0, 0.05) is 42.3 Å². The Kier molecular flexibility index (Phi) is 4.48. The van der Waals surface area contributed by atoms with E-state index in [1.54, 1.807) is 17.6 Å². The number of carbonyl (C=O) groups is 2. The molecule has 0 saturated carbocycles. The van der Waals surface area contributed by atoms with E-state index in [-0.39, 0.29) is 5.91 Å². The molecule has 2 aromatic carbocycles. The third-order valence-electron chi connectivity index (χ3n) is 4.89. The van der Waals surface area contributed by atoms with Gasteiger partial charge in [-0.2, -0.15) is 0 Å². The molecule has 2 amide bonds. The fourth-order valence-corrected chi connectivity index (χ4v) is 3.40. The van der Waals surface area contributed by atoms with Crippen molar-refractivity contribution in [1.29, 1.82) is 0 Å². The number of hydroxylamine groups is 1. The maximum absolute atomic E-state index is 12.9. The summed E-state index contributed by atoms with van der Waals surface area (Å²) in [5.41, 5.74) is 5.78. The van der Waals surface area contributed by atoms with E-state index in [1.165, 1.54) is 0 Å². The number of amides is 2. The smallest absolute Gasteiger partial charge is 0.274 e. The van der Waals surface area contributed by atoms with Gasteiger partial charge in [-0.05, 0) is 66.1 Å². The normalized spacial score (nSPS) is 13.1. The molecule has 2 heterocycles. The van der Waals surface area contributed by atoms with Crippen LogP contribution in [0.1, 0.15) is 31.8 Å². The Bertz CT molecular complexity index is 978. The molecule has 4 rings (SSSR count). The summed E-state index contributed by atoms with van der Waals surface area (Å²) in [5, 5.41) is 8.76. The van der Waals surface area contributed by atoms with Crippen LogP contribution in [0.25, 0.3) is 5.69 Å².